The van der Waals surface area contributed by atoms with E-state index in [2.05, 4.69) is 5.32 Å². The first kappa shape index (κ1) is 20.5. The summed E-state index contributed by atoms with van der Waals surface area (Å²) in [5.74, 6) is 0. The molecule has 1 heterocycles. The Morgan fingerprint density at radius 1 is 1.35 bits per heavy atom. The third kappa shape index (κ3) is 5.10. The SMILES string of the molecule is CC(C)(C)OC(=O)NC1CCN(S(=O)(=O)c2cc(Cl)ccc2C#N)CC1. The number of hydrogen-bond acceptors (Lipinski definition) is 5. The van der Waals surface area contributed by atoms with Gasteiger partial charge in [-0.15, -0.1) is 0 Å². The highest BCUT2D eigenvalue weighted by Crippen LogP contribution is 2.26. The topological polar surface area (TPSA) is 99.5 Å². The van der Waals surface area contributed by atoms with Gasteiger partial charge in [0.25, 0.3) is 0 Å². The van der Waals surface area contributed by atoms with Gasteiger partial charge in [0.05, 0.1) is 5.56 Å². The third-order valence-corrected chi connectivity index (χ3v) is 6.03. The summed E-state index contributed by atoms with van der Waals surface area (Å²) >= 11 is 5.90. The van der Waals surface area contributed by atoms with Crippen LogP contribution in [0.15, 0.2) is 23.1 Å². The lowest BCUT2D eigenvalue weighted by atomic mass is 10.1. The van der Waals surface area contributed by atoms with Crippen molar-refractivity contribution in [2.75, 3.05) is 13.1 Å². The fraction of sp³-hybridized carbons (Fsp3) is 0.529. The molecule has 0 spiro atoms. The van der Waals surface area contributed by atoms with Crippen molar-refractivity contribution in [2.45, 2.75) is 50.2 Å². The number of nitriles is 1. The van der Waals surface area contributed by atoms with E-state index in [9.17, 15) is 13.2 Å². The van der Waals surface area contributed by atoms with Crippen LogP contribution in [0.25, 0.3) is 0 Å². The summed E-state index contributed by atoms with van der Waals surface area (Å²) in [6.07, 6.45) is 0.405. The van der Waals surface area contributed by atoms with E-state index in [1.165, 1.54) is 22.5 Å². The van der Waals surface area contributed by atoms with E-state index >= 15 is 0 Å². The number of nitrogens with one attached hydrogen (secondary N) is 1. The number of benzene rings is 1. The van der Waals surface area contributed by atoms with E-state index in [1.54, 1.807) is 20.8 Å². The van der Waals surface area contributed by atoms with Gasteiger partial charge in [-0.3, -0.25) is 0 Å². The van der Waals surface area contributed by atoms with Crippen LogP contribution in [0.1, 0.15) is 39.2 Å². The number of hydrogen-bond donors (Lipinski definition) is 1. The monoisotopic (exact) mass is 399 g/mol. The van der Waals surface area contributed by atoms with Gasteiger partial charge in [-0.05, 0) is 51.8 Å². The van der Waals surface area contributed by atoms with E-state index < -0.39 is 21.7 Å². The Bertz CT molecular complexity index is 819. The molecule has 0 aromatic heterocycles. The maximum Gasteiger partial charge on any atom is 0.407 e. The lowest BCUT2D eigenvalue weighted by Crippen LogP contribution is -2.47. The molecule has 0 saturated carbocycles. The van der Waals surface area contributed by atoms with Crippen molar-refractivity contribution < 1.29 is 17.9 Å². The Morgan fingerprint density at radius 2 is 1.96 bits per heavy atom. The number of amides is 1. The zero-order chi connectivity index (χ0) is 19.5. The first-order valence-electron chi connectivity index (χ1n) is 8.22. The highest BCUT2D eigenvalue weighted by atomic mass is 35.5. The molecule has 1 fully saturated rings. The maximum atomic E-state index is 12.8. The smallest absolute Gasteiger partial charge is 0.407 e. The number of piperidine rings is 1. The van der Waals surface area contributed by atoms with E-state index in [1.807, 2.05) is 6.07 Å². The van der Waals surface area contributed by atoms with Gasteiger partial charge in [0, 0.05) is 24.2 Å². The molecule has 0 radical (unpaired) electrons. The Balaban J connectivity index is 2.05. The summed E-state index contributed by atoms with van der Waals surface area (Å²) in [7, 11) is -3.83. The van der Waals surface area contributed by atoms with E-state index in [0.717, 1.165) is 0 Å². The Hall–Kier alpha value is -1.82. The van der Waals surface area contributed by atoms with Gasteiger partial charge >= 0.3 is 6.09 Å². The highest BCUT2D eigenvalue weighted by Gasteiger charge is 2.32. The summed E-state index contributed by atoms with van der Waals surface area (Å²) in [6.45, 7) is 5.80. The fourth-order valence-electron chi connectivity index (χ4n) is 2.66. The molecule has 2 rings (SSSR count). The number of carbonyl (C=O) groups is 1. The Morgan fingerprint density at radius 3 is 2.50 bits per heavy atom. The molecule has 1 amide bonds. The number of sulfonamides is 1. The average Bonchev–Trinajstić information content (AvgIpc) is 2.53. The number of carbonyl (C=O) groups excluding carboxylic acids is 1. The zero-order valence-corrected chi connectivity index (χ0v) is 16.5. The van der Waals surface area contributed by atoms with Gasteiger partial charge in [0.2, 0.25) is 10.0 Å². The molecule has 0 atom stereocenters. The normalized spacial score (nSPS) is 16.7. The van der Waals surface area contributed by atoms with Crippen LogP contribution in [0.5, 0.6) is 0 Å². The average molecular weight is 400 g/mol. The van der Waals surface area contributed by atoms with Crippen LogP contribution in [0.3, 0.4) is 0 Å². The minimum absolute atomic E-state index is 0.0587. The van der Waals surface area contributed by atoms with Crippen molar-refractivity contribution in [3.8, 4) is 6.07 Å². The number of nitrogens with zero attached hydrogens (tertiary/aromatic N) is 2. The van der Waals surface area contributed by atoms with E-state index in [0.29, 0.717) is 12.8 Å². The van der Waals surface area contributed by atoms with Crippen molar-refractivity contribution in [1.29, 1.82) is 5.26 Å². The van der Waals surface area contributed by atoms with Gasteiger partial charge in [0.15, 0.2) is 0 Å². The summed E-state index contributed by atoms with van der Waals surface area (Å²) in [5, 5.41) is 12.2. The third-order valence-electron chi connectivity index (χ3n) is 3.86. The number of rotatable bonds is 3. The van der Waals surface area contributed by atoms with Crippen LogP contribution in [-0.2, 0) is 14.8 Å². The number of halogens is 1. The van der Waals surface area contributed by atoms with Crippen LogP contribution >= 0.6 is 11.6 Å². The lowest BCUT2D eigenvalue weighted by Gasteiger charge is -2.32. The van der Waals surface area contributed by atoms with Gasteiger partial charge < -0.3 is 10.1 Å². The molecule has 7 nitrogen and oxygen atoms in total. The van der Waals surface area contributed by atoms with E-state index in [-0.39, 0.29) is 34.6 Å². The predicted molar refractivity (Wildman–Crippen MR) is 97.3 cm³/mol. The van der Waals surface area contributed by atoms with Gasteiger partial charge in [-0.25, -0.2) is 13.2 Å². The zero-order valence-electron chi connectivity index (χ0n) is 15.0. The largest absolute Gasteiger partial charge is 0.444 e. The number of alkyl carbamates (subject to hydrolysis) is 1. The highest BCUT2D eigenvalue weighted by molar-refractivity contribution is 7.89. The van der Waals surface area contributed by atoms with Crippen molar-refractivity contribution >= 4 is 27.7 Å². The summed E-state index contributed by atoms with van der Waals surface area (Å²) < 4.78 is 32.2. The fourth-order valence-corrected chi connectivity index (χ4v) is 4.53. The first-order valence-corrected chi connectivity index (χ1v) is 10.0. The second kappa shape index (κ2) is 7.82. The molecule has 0 unspecified atom stereocenters. The lowest BCUT2D eigenvalue weighted by molar-refractivity contribution is 0.0489. The predicted octanol–water partition coefficient (Wildman–Crippen LogP) is 2.89. The van der Waals surface area contributed by atoms with Crippen LogP contribution in [0.4, 0.5) is 4.79 Å². The van der Waals surface area contributed by atoms with Gasteiger partial charge in [-0.2, -0.15) is 9.57 Å². The van der Waals surface area contributed by atoms with Crippen molar-refractivity contribution in [2.24, 2.45) is 0 Å². The number of ether oxygens (including phenoxy) is 1. The second-order valence-electron chi connectivity index (χ2n) is 7.08. The summed E-state index contributed by atoms with van der Waals surface area (Å²) in [5.41, 5.74) is -0.530. The molecule has 0 bridgehead atoms. The molecular formula is C17H22ClN3O4S. The second-order valence-corrected chi connectivity index (χ2v) is 9.42. The summed E-state index contributed by atoms with van der Waals surface area (Å²) in [4.78, 5) is 11.7. The molecule has 1 aromatic rings. The minimum atomic E-state index is -3.83. The van der Waals surface area contributed by atoms with Crippen molar-refractivity contribution in [3.63, 3.8) is 0 Å². The van der Waals surface area contributed by atoms with Crippen LogP contribution in [0, 0.1) is 11.3 Å². The maximum absolute atomic E-state index is 12.8. The van der Waals surface area contributed by atoms with Crippen LogP contribution in [0.2, 0.25) is 5.02 Å². The molecule has 1 aliphatic heterocycles. The summed E-state index contributed by atoms with van der Waals surface area (Å²) in [6, 6.07) is 5.89. The molecule has 142 valence electrons. The molecule has 26 heavy (non-hydrogen) atoms. The molecular weight excluding hydrogens is 378 g/mol. The van der Waals surface area contributed by atoms with Crippen molar-refractivity contribution in [1.82, 2.24) is 9.62 Å². The molecule has 0 aliphatic carbocycles. The minimum Gasteiger partial charge on any atom is -0.444 e. The first-order chi connectivity index (χ1) is 12.0. The molecule has 1 aliphatic rings. The molecule has 1 saturated heterocycles. The molecule has 9 heteroatoms. The van der Waals surface area contributed by atoms with Crippen LogP contribution < -0.4 is 5.32 Å². The van der Waals surface area contributed by atoms with E-state index in [4.69, 9.17) is 21.6 Å². The molecule has 1 N–H and O–H groups in total. The Kier molecular flexibility index (Phi) is 6.17. The quantitative estimate of drug-likeness (QED) is 0.842. The van der Waals surface area contributed by atoms with Crippen molar-refractivity contribution in [3.05, 3.63) is 28.8 Å². The Labute approximate surface area is 158 Å². The van der Waals surface area contributed by atoms with Crippen LogP contribution in [-0.4, -0.2) is 43.5 Å². The molecule has 1 aromatic carbocycles. The van der Waals surface area contributed by atoms with Gasteiger partial charge in [0.1, 0.15) is 16.6 Å². The van der Waals surface area contributed by atoms with Gasteiger partial charge in [-0.1, -0.05) is 11.6 Å². The standard InChI is InChI=1S/C17H22ClN3O4S/c1-17(2,3)25-16(22)20-14-6-8-21(9-7-14)26(23,24)15-10-13(18)5-4-12(15)11-19/h4-5,10,14H,6-9H2,1-3H3,(H,20,22).